The van der Waals surface area contributed by atoms with E-state index in [1.54, 1.807) is 0 Å². The van der Waals surface area contributed by atoms with Crippen LogP contribution in [0.15, 0.2) is 4.99 Å². The maximum absolute atomic E-state index is 4.68. The highest BCUT2D eigenvalue weighted by Gasteiger charge is 2.19. The van der Waals surface area contributed by atoms with Gasteiger partial charge < -0.3 is 20.1 Å². The van der Waals surface area contributed by atoms with Gasteiger partial charge in [0.1, 0.15) is 12.4 Å². The summed E-state index contributed by atoms with van der Waals surface area (Å²) in [5, 5.41) is 15.2. The van der Waals surface area contributed by atoms with E-state index in [1.807, 2.05) is 18.5 Å². The molecule has 24 heavy (non-hydrogen) atoms. The zero-order valence-corrected chi connectivity index (χ0v) is 15.7. The monoisotopic (exact) mass is 335 g/mol. The normalized spacial score (nSPS) is 17.2. The van der Waals surface area contributed by atoms with Gasteiger partial charge in [-0.05, 0) is 39.7 Å². The van der Waals surface area contributed by atoms with Crippen molar-refractivity contribution in [2.45, 2.75) is 59.0 Å². The molecule has 0 unspecified atom stereocenters. The number of aliphatic imine (C=N–C) groups is 1. The van der Waals surface area contributed by atoms with Crippen LogP contribution in [0.5, 0.6) is 0 Å². The first-order valence-corrected chi connectivity index (χ1v) is 9.26. The van der Waals surface area contributed by atoms with Crippen LogP contribution in [-0.4, -0.2) is 57.8 Å². The molecular weight excluding hydrogens is 302 g/mol. The molecule has 0 bridgehead atoms. The highest BCUT2D eigenvalue weighted by atomic mass is 15.3. The van der Waals surface area contributed by atoms with Crippen LogP contribution in [0.3, 0.4) is 0 Å². The predicted molar refractivity (Wildman–Crippen MR) is 98.1 cm³/mol. The molecule has 0 aromatic carbocycles. The molecule has 1 saturated heterocycles. The van der Waals surface area contributed by atoms with Crippen molar-refractivity contribution in [2.75, 3.05) is 26.2 Å². The van der Waals surface area contributed by atoms with Crippen molar-refractivity contribution in [3.05, 3.63) is 11.6 Å². The number of likely N-dealkylation sites (tertiary alicyclic amines) is 1. The molecule has 1 aromatic rings. The fourth-order valence-corrected chi connectivity index (χ4v) is 2.93. The summed E-state index contributed by atoms with van der Waals surface area (Å²) in [6, 6.07) is 0.502. The lowest BCUT2D eigenvalue weighted by molar-refractivity contribution is 0.203. The Bertz CT molecular complexity index is 515. The minimum Gasteiger partial charge on any atom is -0.357 e. The van der Waals surface area contributed by atoms with E-state index in [1.165, 1.54) is 45.3 Å². The molecule has 7 heteroatoms. The number of aryl methyl sites for hydroxylation is 1. The molecular formula is C17H33N7. The summed E-state index contributed by atoms with van der Waals surface area (Å²) in [4.78, 5) is 7.26. The van der Waals surface area contributed by atoms with Gasteiger partial charge in [-0.25, -0.2) is 4.99 Å². The summed E-state index contributed by atoms with van der Waals surface area (Å²) in [5.41, 5.74) is 0. The lowest BCUT2D eigenvalue weighted by atomic mass is 10.0. The molecule has 0 atom stereocenters. The van der Waals surface area contributed by atoms with Gasteiger partial charge in [-0.3, -0.25) is 0 Å². The number of rotatable bonds is 7. The largest absolute Gasteiger partial charge is 0.357 e. The van der Waals surface area contributed by atoms with Crippen LogP contribution in [-0.2, 0) is 13.6 Å². The van der Waals surface area contributed by atoms with Gasteiger partial charge in [0.25, 0.3) is 0 Å². The second-order valence-corrected chi connectivity index (χ2v) is 6.53. The number of nitrogens with zero attached hydrogens (tertiary/aromatic N) is 5. The lowest BCUT2D eigenvalue weighted by Crippen LogP contribution is -2.48. The summed E-state index contributed by atoms with van der Waals surface area (Å²) in [6.45, 7) is 11.3. The summed E-state index contributed by atoms with van der Waals surface area (Å²) in [6.07, 6.45) is 4.94. The first kappa shape index (κ1) is 18.7. The van der Waals surface area contributed by atoms with Crippen LogP contribution in [0.4, 0.5) is 0 Å². The van der Waals surface area contributed by atoms with Crippen molar-refractivity contribution in [1.82, 2.24) is 30.3 Å². The number of hydrogen-bond donors (Lipinski definition) is 2. The summed E-state index contributed by atoms with van der Waals surface area (Å²) < 4.78 is 1.99. The van der Waals surface area contributed by atoms with E-state index in [2.05, 4.69) is 44.6 Å². The molecule has 7 nitrogen and oxygen atoms in total. The van der Waals surface area contributed by atoms with E-state index in [9.17, 15) is 0 Å². The van der Waals surface area contributed by atoms with E-state index >= 15 is 0 Å². The van der Waals surface area contributed by atoms with Gasteiger partial charge in [0.15, 0.2) is 11.8 Å². The zero-order chi connectivity index (χ0) is 17.4. The highest BCUT2D eigenvalue weighted by molar-refractivity contribution is 5.80. The van der Waals surface area contributed by atoms with Crippen molar-refractivity contribution in [3.63, 3.8) is 0 Å². The van der Waals surface area contributed by atoms with Gasteiger partial charge in [0.05, 0.1) is 0 Å². The van der Waals surface area contributed by atoms with Crippen molar-refractivity contribution in [3.8, 4) is 0 Å². The average molecular weight is 336 g/mol. The van der Waals surface area contributed by atoms with E-state index in [0.29, 0.717) is 12.6 Å². The van der Waals surface area contributed by atoms with Gasteiger partial charge in [0.2, 0.25) is 0 Å². The van der Waals surface area contributed by atoms with E-state index in [0.717, 1.165) is 24.2 Å². The second-order valence-electron chi connectivity index (χ2n) is 6.53. The van der Waals surface area contributed by atoms with E-state index < -0.39 is 0 Å². The number of nitrogens with one attached hydrogen (secondary N) is 2. The van der Waals surface area contributed by atoms with Crippen molar-refractivity contribution in [2.24, 2.45) is 12.0 Å². The summed E-state index contributed by atoms with van der Waals surface area (Å²) in [7, 11) is 1.98. The smallest absolute Gasteiger partial charge is 0.191 e. The Morgan fingerprint density at radius 2 is 2.00 bits per heavy atom. The van der Waals surface area contributed by atoms with E-state index in [4.69, 9.17) is 0 Å². The Morgan fingerprint density at radius 3 is 2.58 bits per heavy atom. The molecule has 1 aliphatic heterocycles. The Morgan fingerprint density at radius 1 is 1.25 bits per heavy atom. The Balaban J connectivity index is 1.85. The SMILES string of the molecule is CCCCN1CCC(NC(=NCc2nnc(C)n2C)NCC)CC1. The molecule has 1 aromatic heterocycles. The molecule has 2 rings (SSSR count). The quantitative estimate of drug-likeness (QED) is 0.583. The van der Waals surface area contributed by atoms with Gasteiger partial charge >= 0.3 is 0 Å². The van der Waals surface area contributed by atoms with Crippen molar-refractivity contribution in [1.29, 1.82) is 0 Å². The molecule has 0 aliphatic carbocycles. The van der Waals surface area contributed by atoms with Crippen LogP contribution < -0.4 is 10.6 Å². The molecule has 0 spiro atoms. The number of guanidine groups is 1. The highest BCUT2D eigenvalue weighted by Crippen LogP contribution is 2.11. The van der Waals surface area contributed by atoms with Gasteiger partial charge in [-0.2, -0.15) is 0 Å². The second kappa shape index (κ2) is 9.61. The Hall–Kier alpha value is -1.63. The fraction of sp³-hybridized carbons (Fsp3) is 0.824. The fourth-order valence-electron chi connectivity index (χ4n) is 2.93. The third-order valence-electron chi connectivity index (χ3n) is 4.66. The predicted octanol–water partition coefficient (Wildman–Crippen LogP) is 1.44. The van der Waals surface area contributed by atoms with Crippen molar-refractivity contribution >= 4 is 5.96 Å². The molecule has 136 valence electrons. The maximum Gasteiger partial charge on any atom is 0.191 e. The Kier molecular flexibility index (Phi) is 7.49. The molecule has 0 amide bonds. The number of piperidine rings is 1. The molecule has 1 aliphatic rings. The average Bonchev–Trinajstić information content (AvgIpc) is 2.91. The Labute approximate surface area is 145 Å². The van der Waals surface area contributed by atoms with Crippen LogP contribution in [0, 0.1) is 6.92 Å². The minimum absolute atomic E-state index is 0.502. The molecule has 0 radical (unpaired) electrons. The number of hydrogen-bond acceptors (Lipinski definition) is 4. The first-order chi connectivity index (χ1) is 11.6. The van der Waals surface area contributed by atoms with Crippen LogP contribution in [0.1, 0.15) is 51.2 Å². The molecule has 0 saturated carbocycles. The lowest BCUT2D eigenvalue weighted by Gasteiger charge is -2.33. The van der Waals surface area contributed by atoms with Gasteiger partial charge in [0, 0.05) is 32.7 Å². The number of unbranched alkanes of at least 4 members (excludes halogenated alkanes) is 1. The van der Waals surface area contributed by atoms with Crippen molar-refractivity contribution < 1.29 is 0 Å². The standard InChI is InChI=1S/C17H33N7/c1-5-7-10-24-11-8-15(9-12-24)20-17(18-6-2)19-13-16-22-21-14(3)23(16)4/h15H,5-13H2,1-4H3,(H2,18,19,20). The van der Waals surface area contributed by atoms with Gasteiger partial charge in [-0.1, -0.05) is 13.3 Å². The molecule has 1 fully saturated rings. The first-order valence-electron chi connectivity index (χ1n) is 9.26. The summed E-state index contributed by atoms with van der Waals surface area (Å²) in [5.74, 6) is 2.68. The third-order valence-corrected chi connectivity index (χ3v) is 4.66. The van der Waals surface area contributed by atoms with E-state index in [-0.39, 0.29) is 0 Å². The van der Waals surface area contributed by atoms with Crippen LogP contribution in [0.25, 0.3) is 0 Å². The third kappa shape index (κ3) is 5.47. The molecule has 2 heterocycles. The van der Waals surface area contributed by atoms with Crippen LogP contribution >= 0.6 is 0 Å². The maximum atomic E-state index is 4.68. The number of aromatic nitrogens is 3. The molecule has 2 N–H and O–H groups in total. The van der Waals surface area contributed by atoms with Gasteiger partial charge in [-0.15, -0.1) is 10.2 Å². The summed E-state index contributed by atoms with van der Waals surface area (Å²) >= 11 is 0. The van der Waals surface area contributed by atoms with Crippen LogP contribution in [0.2, 0.25) is 0 Å². The zero-order valence-electron chi connectivity index (χ0n) is 15.7. The topological polar surface area (TPSA) is 70.4 Å². The minimum atomic E-state index is 0.502.